The number of carbonyl (C=O) groups is 7. The average molecular weight is 893 g/mol. The molecule has 1 saturated heterocycles. The molecule has 1 unspecified atom stereocenters. The Hall–Kier alpha value is -4.08. The molecule has 1 aliphatic heterocycles. The number of hydrogen-bond donors (Lipinski definition) is 11. The molecule has 342 valence electrons. The highest BCUT2D eigenvalue weighted by Gasteiger charge is 2.41. The molecule has 11 N–H and O–H groups in total. The van der Waals surface area contributed by atoms with Gasteiger partial charge in [0, 0.05) is 18.8 Å². The van der Waals surface area contributed by atoms with Crippen LogP contribution in [0.1, 0.15) is 78.7 Å². The number of phenolic OH excluding ortho intramolecular Hbond substituents is 1. The van der Waals surface area contributed by atoms with Crippen LogP contribution < -0.4 is 43.2 Å². The summed E-state index contributed by atoms with van der Waals surface area (Å²) in [6, 6.07) is -0.0337. The van der Waals surface area contributed by atoms with Crippen molar-refractivity contribution in [1.82, 2.24) is 42.3 Å². The van der Waals surface area contributed by atoms with Gasteiger partial charge in [0.15, 0.2) is 5.96 Å². The molecule has 0 aliphatic carbocycles. The molecule has 1 heterocycles. The topological polar surface area (TPSA) is 277 Å². The summed E-state index contributed by atoms with van der Waals surface area (Å²) in [5.74, 6) is -2.67. The minimum Gasteiger partial charge on any atom is -0.508 e. The van der Waals surface area contributed by atoms with Crippen molar-refractivity contribution in [3.8, 4) is 5.75 Å². The van der Waals surface area contributed by atoms with Crippen LogP contribution in [-0.4, -0.2) is 137 Å². The van der Waals surface area contributed by atoms with E-state index < -0.39 is 77.7 Å². The number of Topliss-reactive ketones (excluding diaryl/α,β-unsaturated/α-hetero) is 2. The number of ketones is 2. The molecule has 0 aromatic heterocycles. The SMILES string of the molecule is CSCC[C@H](NC(=O)[C@H](CS)NC(C)N1CCC[C@H]1C(=O)C(=O)[C@H](CCCNC(=N)N)NC(=O)[C@H](Cc1ccc(O)cc1)NN[C@H](C=O)C(C)C)C(=O)N[C@H](C=O)CC(C)C. The first-order valence-electron chi connectivity index (χ1n) is 20.8. The molecule has 3 amide bonds. The predicted molar refractivity (Wildman–Crippen MR) is 240 cm³/mol. The van der Waals surface area contributed by atoms with Crippen LogP contribution in [0.3, 0.4) is 0 Å². The van der Waals surface area contributed by atoms with Crippen molar-refractivity contribution >= 4 is 72.2 Å². The fourth-order valence-corrected chi connectivity index (χ4v) is 7.63. The summed E-state index contributed by atoms with van der Waals surface area (Å²) in [4.78, 5) is 94.3. The summed E-state index contributed by atoms with van der Waals surface area (Å²) < 4.78 is 0. The number of thioether (sulfide) groups is 1. The maximum atomic E-state index is 14.2. The maximum Gasteiger partial charge on any atom is 0.243 e. The fourth-order valence-electron chi connectivity index (χ4n) is 6.89. The van der Waals surface area contributed by atoms with Crippen LogP contribution in [-0.2, 0) is 40.0 Å². The zero-order chi connectivity index (χ0) is 45.6. The first-order chi connectivity index (χ1) is 28.9. The highest BCUT2D eigenvalue weighted by atomic mass is 32.2. The van der Waals surface area contributed by atoms with Crippen molar-refractivity contribution in [3.63, 3.8) is 0 Å². The lowest BCUT2D eigenvalue weighted by atomic mass is 9.96. The predicted octanol–water partition coefficient (Wildman–Crippen LogP) is 0.173. The van der Waals surface area contributed by atoms with Crippen molar-refractivity contribution in [2.75, 3.05) is 30.9 Å². The summed E-state index contributed by atoms with van der Waals surface area (Å²) >= 11 is 5.92. The third-order valence-corrected chi connectivity index (χ3v) is 11.3. The number of amides is 3. The standard InChI is InChI=1S/C41H68N10O8S2/c1-24(2)19-28(21-52)46-38(57)31(15-18-61-6)48-40(59)34(23-60)45-26(5)51-17-8-10-35(51)37(56)36(55)30(9-7-16-44-41(42)43)47-39(58)32(49-50-33(22-53)25(3)4)20-27-11-13-29(54)14-12-27/h11-14,21-22,24-26,28,30-35,45,49-50,54,60H,7-10,15-20,23H2,1-6H3,(H,46,57)(H,47,58)(H,48,59)(H4,42,43,44)/t26?,28-,30-,31-,32-,33+,34-,35-/m0/s1. The molecule has 61 heavy (non-hydrogen) atoms. The van der Waals surface area contributed by atoms with E-state index in [4.69, 9.17) is 11.1 Å². The van der Waals surface area contributed by atoms with Crippen molar-refractivity contribution < 1.29 is 38.7 Å². The Morgan fingerprint density at radius 2 is 1.56 bits per heavy atom. The third kappa shape index (κ3) is 18.4. The number of benzene rings is 1. The van der Waals surface area contributed by atoms with Gasteiger partial charge in [-0.2, -0.15) is 24.4 Å². The zero-order valence-corrected chi connectivity index (χ0v) is 37.9. The van der Waals surface area contributed by atoms with Crippen molar-refractivity contribution in [2.24, 2.45) is 17.6 Å². The van der Waals surface area contributed by atoms with Crippen molar-refractivity contribution in [3.05, 3.63) is 29.8 Å². The average Bonchev–Trinajstić information content (AvgIpc) is 3.72. The second-order valence-corrected chi connectivity index (χ2v) is 17.4. The maximum absolute atomic E-state index is 14.2. The molecule has 0 spiro atoms. The Kier molecular flexibility index (Phi) is 24.2. The monoisotopic (exact) mass is 892 g/mol. The van der Waals surface area contributed by atoms with E-state index in [2.05, 4.69) is 50.1 Å². The van der Waals surface area contributed by atoms with Gasteiger partial charge in [0.05, 0.1) is 36.4 Å². The van der Waals surface area contributed by atoms with Gasteiger partial charge in [-0.05, 0) is 93.4 Å². The minimum absolute atomic E-state index is 0.0387. The Morgan fingerprint density at radius 1 is 0.918 bits per heavy atom. The number of aldehydes is 2. The molecule has 0 bridgehead atoms. The van der Waals surface area contributed by atoms with Crippen molar-refractivity contribution in [1.29, 1.82) is 5.41 Å². The van der Waals surface area contributed by atoms with Crippen LogP contribution in [0.5, 0.6) is 5.75 Å². The Morgan fingerprint density at radius 3 is 2.13 bits per heavy atom. The van der Waals surface area contributed by atoms with Gasteiger partial charge in [-0.1, -0.05) is 39.8 Å². The van der Waals surface area contributed by atoms with Crippen LogP contribution >= 0.6 is 24.4 Å². The first kappa shape index (κ1) is 53.1. The Balaban J connectivity index is 2.28. The van der Waals surface area contributed by atoms with Gasteiger partial charge in [0.2, 0.25) is 29.3 Å². The lowest BCUT2D eigenvalue weighted by Gasteiger charge is -2.33. The number of hydrazine groups is 1. The molecule has 2 rings (SSSR count). The van der Waals surface area contributed by atoms with Gasteiger partial charge in [-0.3, -0.25) is 39.6 Å². The van der Waals surface area contributed by atoms with Crippen LogP contribution in [0, 0.1) is 17.2 Å². The van der Waals surface area contributed by atoms with Gasteiger partial charge in [-0.25, -0.2) is 10.9 Å². The van der Waals surface area contributed by atoms with E-state index in [1.165, 1.54) is 23.9 Å². The smallest absolute Gasteiger partial charge is 0.243 e. The second-order valence-electron chi connectivity index (χ2n) is 16.1. The van der Waals surface area contributed by atoms with E-state index in [0.717, 1.165) is 6.29 Å². The van der Waals surface area contributed by atoms with Gasteiger partial charge < -0.3 is 41.7 Å². The molecule has 0 radical (unpaired) electrons. The third-order valence-electron chi connectivity index (χ3n) is 10.3. The number of nitrogens with one attached hydrogen (secondary N) is 8. The number of carbonyl (C=O) groups excluding carboxylic acids is 7. The summed E-state index contributed by atoms with van der Waals surface area (Å²) in [6.45, 7) is 9.94. The number of nitrogens with two attached hydrogens (primary N) is 1. The van der Waals surface area contributed by atoms with Crippen LogP contribution in [0.2, 0.25) is 0 Å². The highest BCUT2D eigenvalue weighted by molar-refractivity contribution is 7.98. The Labute approximate surface area is 369 Å². The van der Waals surface area contributed by atoms with Gasteiger partial charge in [-0.15, -0.1) is 0 Å². The number of aromatic hydroxyl groups is 1. The van der Waals surface area contributed by atoms with E-state index >= 15 is 0 Å². The first-order valence-corrected chi connectivity index (χ1v) is 22.9. The molecule has 1 aromatic rings. The summed E-state index contributed by atoms with van der Waals surface area (Å²) in [5.41, 5.74) is 11.9. The molecule has 8 atom stereocenters. The molecule has 1 aromatic carbocycles. The second kappa shape index (κ2) is 27.8. The number of phenols is 1. The molecular weight excluding hydrogens is 825 g/mol. The quantitative estimate of drug-likeness (QED) is 0.00935. The van der Waals surface area contributed by atoms with Crippen molar-refractivity contribution in [2.45, 2.75) is 128 Å². The molecule has 18 nitrogen and oxygen atoms in total. The molecule has 20 heteroatoms. The van der Waals surface area contributed by atoms with E-state index in [-0.39, 0.29) is 55.1 Å². The summed E-state index contributed by atoms with van der Waals surface area (Å²) in [6.07, 6.45) is 4.82. The van der Waals surface area contributed by atoms with E-state index in [9.17, 15) is 38.7 Å². The minimum atomic E-state index is -1.25. The van der Waals surface area contributed by atoms with Crippen LogP contribution in [0.4, 0.5) is 0 Å². The molecular formula is C41H68N10O8S2. The number of nitrogens with zero attached hydrogens (tertiary/aromatic N) is 1. The van der Waals surface area contributed by atoms with Gasteiger partial charge >= 0.3 is 0 Å². The Bertz CT molecular complexity index is 1600. The number of likely N-dealkylation sites (tertiary alicyclic amines) is 1. The summed E-state index contributed by atoms with van der Waals surface area (Å²) in [5, 5.41) is 31.5. The number of hydrogen-bond acceptors (Lipinski definition) is 15. The normalized spacial score (nSPS) is 17.6. The summed E-state index contributed by atoms with van der Waals surface area (Å²) in [7, 11) is 0. The lowest BCUT2D eigenvalue weighted by molar-refractivity contribution is -0.142. The number of thiol groups is 1. The largest absolute Gasteiger partial charge is 0.508 e. The lowest BCUT2D eigenvalue weighted by Crippen LogP contribution is -2.60. The van der Waals surface area contributed by atoms with Gasteiger partial charge in [0.1, 0.15) is 30.4 Å². The van der Waals surface area contributed by atoms with Crippen LogP contribution in [0.25, 0.3) is 0 Å². The van der Waals surface area contributed by atoms with Gasteiger partial charge in [0.25, 0.3) is 0 Å². The molecule has 1 aliphatic rings. The fraction of sp³-hybridized carbons (Fsp3) is 0.659. The number of guanidine groups is 1. The van der Waals surface area contributed by atoms with E-state index in [1.54, 1.807) is 24.0 Å². The highest BCUT2D eigenvalue weighted by Crippen LogP contribution is 2.22. The molecule has 1 fully saturated rings. The van der Waals surface area contributed by atoms with E-state index in [0.29, 0.717) is 49.8 Å². The van der Waals surface area contributed by atoms with Crippen LogP contribution in [0.15, 0.2) is 24.3 Å². The van der Waals surface area contributed by atoms with E-state index in [1.807, 2.05) is 34.0 Å². The molecule has 0 saturated carbocycles. The zero-order valence-electron chi connectivity index (χ0n) is 36.2. The number of rotatable bonds is 30.